The maximum Gasteiger partial charge on any atom is 0.268 e. The molecular formula is C75H151N2O6P. The molecule has 0 saturated carbocycles. The number of nitrogens with one attached hydrogen (secondary N) is 1. The molecule has 84 heavy (non-hydrogen) atoms. The van der Waals surface area contributed by atoms with Gasteiger partial charge in [0.05, 0.1) is 39.9 Å². The zero-order valence-electron chi connectivity index (χ0n) is 57.7. The van der Waals surface area contributed by atoms with Crippen LogP contribution in [0.4, 0.5) is 0 Å². The molecule has 1 amide bonds. The smallest absolute Gasteiger partial charge is 0.268 e. The lowest BCUT2D eigenvalue weighted by atomic mass is 10.0. The quantitative estimate of drug-likeness (QED) is 0.0272. The summed E-state index contributed by atoms with van der Waals surface area (Å²) in [6.45, 7) is 4.80. The fourth-order valence-electron chi connectivity index (χ4n) is 12.1. The van der Waals surface area contributed by atoms with Crippen molar-refractivity contribution >= 4 is 13.7 Å². The number of nitrogens with zero attached hydrogens (tertiary/aromatic N) is 1. The molecule has 0 rings (SSSR count). The van der Waals surface area contributed by atoms with Crippen molar-refractivity contribution in [3.63, 3.8) is 0 Å². The van der Waals surface area contributed by atoms with Crippen molar-refractivity contribution in [3.05, 3.63) is 12.2 Å². The van der Waals surface area contributed by atoms with Gasteiger partial charge in [0.25, 0.3) is 7.82 Å². The topological polar surface area (TPSA) is 108 Å². The Kier molecular flexibility index (Phi) is 66.1. The first-order valence-electron chi connectivity index (χ1n) is 38.0. The second-order valence-electron chi connectivity index (χ2n) is 27.7. The van der Waals surface area contributed by atoms with Crippen LogP contribution in [0.2, 0.25) is 0 Å². The van der Waals surface area contributed by atoms with E-state index in [1.807, 2.05) is 21.1 Å². The van der Waals surface area contributed by atoms with E-state index in [4.69, 9.17) is 9.05 Å². The molecule has 9 heteroatoms. The summed E-state index contributed by atoms with van der Waals surface area (Å²) in [5, 5.41) is 14.1. The number of phosphoric acid groups is 1. The molecule has 2 N–H and O–H groups in total. The number of aliphatic hydroxyl groups is 1. The molecule has 3 atom stereocenters. The van der Waals surface area contributed by atoms with Crippen LogP contribution in [0.5, 0.6) is 0 Å². The highest BCUT2D eigenvalue weighted by Gasteiger charge is 2.24. The van der Waals surface area contributed by atoms with Crippen molar-refractivity contribution in [1.29, 1.82) is 0 Å². The number of amides is 1. The van der Waals surface area contributed by atoms with Crippen LogP contribution >= 0.6 is 7.82 Å². The normalized spacial score (nSPS) is 13.6. The first-order chi connectivity index (χ1) is 41.0. The second-order valence-corrected chi connectivity index (χ2v) is 29.1. The maximum atomic E-state index is 13.1. The number of hydrogen-bond donors (Lipinski definition) is 2. The number of hydrogen-bond acceptors (Lipinski definition) is 6. The first-order valence-corrected chi connectivity index (χ1v) is 39.5. The van der Waals surface area contributed by atoms with Gasteiger partial charge >= 0.3 is 0 Å². The van der Waals surface area contributed by atoms with Crippen LogP contribution in [0, 0.1) is 0 Å². The van der Waals surface area contributed by atoms with Crippen LogP contribution in [0.3, 0.4) is 0 Å². The van der Waals surface area contributed by atoms with Gasteiger partial charge in [-0.25, -0.2) is 0 Å². The summed E-state index contributed by atoms with van der Waals surface area (Å²) in [5.74, 6) is -0.154. The number of aliphatic hydroxyl groups excluding tert-OH is 1. The Morgan fingerprint density at radius 3 is 0.929 bits per heavy atom. The van der Waals surface area contributed by atoms with Crippen molar-refractivity contribution < 1.29 is 32.9 Å². The molecule has 0 heterocycles. The molecule has 0 aromatic carbocycles. The van der Waals surface area contributed by atoms with E-state index in [1.165, 1.54) is 347 Å². The minimum atomic E-state index is -4.58. The van der Waals surface area contributed by atoms with Gasteiger partial charge < -0.3 is 28.8 Å². The van der Waals surface area contributed by atoms with Gasteiger partial charge in [0.1, 0.15) is 13.2 Å². The fraction of sp³-hybridized carbons (Fsp3) is 0.960. The van der Waals surface area contributed by atoms with Crippen molar-refractivity contribution in [1.82, 2.24) is 5.32 Å². The third-order valence-corrected chi connectivity index (χ3v) is 19.0. The van der Waals surface area contributed by atoms with Crippen molar-refractivity contribution in [2.45, 2.75) is 424 Å². The molecule has 0 radical (unpaired) electrons. The highest BCUT2D eigenvalue weighted by molar-refractivity contribution is 7.45. The molecule has 0 aliphatic carbocycles. The van der Waals surface area contributed by atoms with Crippen molar-refractivity contribution in [2.75, 3.05) is 40.9 Å². The Bertz CT molecular complexity index is 1370. The standard InChI is InChI=1S/C75H151N2O6P/c1-6-8-10-12-14-16-18-20-22-24-26-28-30-32-34-35-36-37-38-39-40-41-43-45-47-49-51-53-55-57-59-61-63-65-67-69-75(79)76-73(72-83-84(80,81)82-71-70-77(3,4)5)74(78)68-66-64-62-60-58-56-54-52-50-48-46-44-42-33-31-29-27-25-23-21-19-17-15-13-11-9-7-2/h24,26,73-74,78H,6-23,25,27-72H2,1-5H3,(H-,76,79,80,81)/b26-24-. The summed E-state index contributed by atoms with van der Waals surface area (Å²) in [6.07, 6.45) is 86.0. The van der Waals surface area contributed by atoms with Crippen molar-refractivity contribution in [3.8, 4) is 0 Å². The maximum absolute atomic E-state index is 13.1. The van der Waals surface area contributed by atoms with E-state index in [0.717, 1.165) is 38.5 Å². The van der Waals surface area contributed by atoms with Crippen LogP contribution in [-0.2, 0) is 18.4 Å². The monoisotopic (exact) mass is 1210 g/mol. The number of carbonyl (C=O) groups excluding carboxylic acids is 1. The van der Waals surface area contributed by atoms with Gasteiger partial charge in [-0.15, -0.1) is 0 Å². The average molecular weight is 1210 g/mol. The Morgan fingerprint density at radius 1 is 0.405 bits per heavy atom. The van der Waals surface area contributed by atoms with E-state index >= 15 is 0 Å². The predicted molar refractivity (Wildman–Crippen MR) is 367 cm³/mol. The van der Waals surface area contributed by atoms with Gasteiger partial charge in [-0.3, -0.25) is 9.36 Å². The largest absolute Gasteiger partial charge is 0.756 e. The molecule has 0 aromatic rings. The molecule has 0 spiro atoms. The van der Waals surface area contributed by atoms with E-state index in [9.17, 15) is 19.4 Å². The van der Waals surface area contributed by atoms with Gasteiger partial charge in [-0.1, -0.05) is 379 Å². The van der Waals surface area contributed by atoms with Crippen LogP contribution in [-0.4, -0.2) is 68.5 Å². The molecule has 0 bridgehead atoms. The van der Waals surface area contributed by atoms with Crippen LogP contribution in [0.1, 0.15) is 412 Å². The molecule has 0 aliphatic heterocycles. The number of rotatable bonds is 72. The third kappa shape index (κ3) is 68.7. The number of quaternary nitrogens is 1. The third-order valence-electron chi connectivity index (χ3n) is 18.0. The van der Waals surface area contributed by atoms with Gasteiger partial charge in [-0.05, 0) is 38.5 Å². The molecule has 502 valence electrons. The molecule has 0 saturated heterocycles. The average Bonchev–Trinajstić information content (AvgIpc) is 3.56. The van der Waals surface area contributed by atoms with Gasteiger partial charge in [0.2, 0.25) is 5.91 Å². The Labute approximate surface area is 526 Å². The zero-order valence-corrected chi connectivity index (χ0v) is 58.5. The highest BCUT2D eigenvalue weighted by Crippen LogP contribution is 2.38. The SMILES string of the molecule is CCCCCCCCCC/C=C\CCCCCCCCCCCCCCCCCCCCCCCCCC(=O)NC(COP(=O)([O-])OCC[N+](C)(C)C)C(O)CCCCCCCCCCCCCCCCCCCCCCCCCCCCC. The Balaban J connectivity index is 3.92. The summed E-state index contributed by atoms with van der Waals surface area (Å²) in [5.41, 5.74) is 0. The van der Waals surface area contributed by atoms with Gasteiger partial charge in [0.15, 0.2) is 0 Å². The summed E-state index contributed by atoms with van der Waals surface area (Å²) in [4.78, 5) is 25.7. The van der Waals surface area contributed by atoms with Gasteiger partial charge in [-0.2, -0.15) is 0 Å². The molecule has 8 nitrogen and oxygen atoms in total. The number of likely N-dealkylation sites (N-methyl/N-ethyl adjacent to an activating group) is 1. The predicted octanol–water partition coefficient (Wildman–Crippen LogP) is 23.8. The van der Waals surface area contributed by atoms with E-state index in [1.54, 1.807) is 0 Å². The zero-order chi connectivity index (χ0) is 61.2. The van der Waals surface area contributed by atoms with Crippen molar-refractivity contribution in [2.24, 2.45) is 0 Å². The first kappa shape index (κ1) is 83.2. The van der Waals surface area contributed by atoms with E-state index in [-0.39, 0.29) is 19.1 Å². The molecule has 3 unspecified atom stereocenters. The highest BCUT2D eigenvalue weighted by atomic mass is 31.2. The Morgan fingerprint density at radius 2 is 0.655 bits per heavy atom. The van der Waals surface area contributed by atoms with Crippen LogP contribution in [0.25, 0.3) is 0 Å². The molecular weight excluding hydrogens is 1060 g/mol. The second kappa shape index (κ2) is 66.7. The summed E-state index contributed by atoms with van der Waals surface area (Å²) >= 11 is 0. The summed E-state index contributed by atoms with van der Waals surface area (Å²) in [6, 6.07) is -0.799. The molecule has 0 fully saturated rings. The molecule has 0 aliphatic rings. The number of phosphoric ester groups is 1. The van der Waals surface area contributed by atoms with Crippen LogP contribution < -0.4 is 10.2 Å². The fourth-order valence-corrected chi connectivity index (χ4v) is 12.8. The lowest BCUT2D eigenvalue weighted by Crippen LogP contribution is -2.46. The van der Waals surface area contributed by atoms with Gasteiger partial charge in [0, 0.05) is 6.42 Å². The summed E-state index contributed by atoms with van der Waals surface area (Å²) in [7, 11) is 1.33. The lowest BCUT2D eigenvalue weighted by molar-refractivity contribution is -0.870. The minimum Gasteiger partial charge on any atom is -0.756 e. The number of unbranched alkanes of at least 4 members (excludes halogenated alkanes) is 57. The lowest BCUT2D eigenvalue weighted by Gasteiger charge is -2.30. The van der Waals surface area contributed by atoms with E-state index in [2.05, 4.69) is 31.3 Å². The van der Waals surface area contributed by atoms with E-state index in [0.29, 0.717) is 23.9 Å². The number of allylic oxidation sites excluding steroid dienone is 2. The number of carbonyl (C=O) groups is 1. The van der Waals surface area contributed by atoms with E-state index < -0.39 is 20.0 Å². The minimum absolute atomic E-state index is 0.0162. The summed E-state index contributed by atoms with van der Waals surface area (Å²) < 4.78 is 23.6. The van der Waals surface area contributed by atoms with Crippen LogP contribution in [0.15, 0.2) is 12.2 Å². The molecule has 0 aromatic heterocycles. The Hall–Kier alpha value is -0.760.